The standard InChI is InChI=1S/C24H22O6/c25-13-14-28-15-16-29-19-9-6-10-20(17-19)30-22-12-5-4-11-21(22)24(27)23(26)18-7-2-1-3-8-18/h1-13,17,23,26H,14-16H2. The van der Waals surface area contributed by atoms with E-state index in [0.29, 0.717) is 35.7 Å². The van der Waals surface area contributed by atoms with E-state index in [-0.39, 0.29) is 18.8 Å². The minimum absolute atomic E-state index is 0.0339. The fourth-order valence-electron chi connectivity index (χ4n) is 2.80. The number of ether oxygens (including phenoxy) is 3. The summed E-state index contributed by atoms with van der Waals surface area (Å²) in [4.78, 5) is 23.1. The van der Waals surface area contributed by atoms with E-state index in [0.717, 1.165) is 0 Å². The maximum atomic E-state index is 12.9. The van der Waals surface area contributed by atoms with Crippen molar-refractivity contribution in [1.29, 1.82) is 0 Å². The molecule has 154 valence electrons. The molecule has 0 spiro atoms. The molecule has 0 bridgehead atoms. The van der Waals surface area contributed by atoms with Crippen LogP contribution in [0.25, 0.3) is 0 Å². The highest BCUT2D eigenvalue weighted by Gasteiger charge is 2.22. The SMILES string of the molecule is O=CCOCCOc1cccc(Oc2ccccc2C(=O)C(O)c2ccccc2)c1. The Bertz CT molecular complexity index is 970. The van der Waals surface area contributed by atoms with Crippen molar-refractivity contribution < 1.29 is 28.9 Å². The Kier molecular flexibility index (Phi) is 7.71. The zero-order valence-electron chi connectivity index (χ0n) is 16.3. The number of ketones is 1. The minimum atomic E-state index is -1.28. The number of hydrogen-bond donors (Lipinski definition) is 1. The Morgan fingerprint density at radius 2 is 1.63 bits per heavy atom. The maximum absolute atomic E-state index is 12.9. The van der Waals surface area contributed by atoms with Crippen molar-refractivity contribution in [3.8, 4) is 17.2 Å². The summed E-state index contributed by atoms with van der Waals surface area (Å²) in [6.45, 7) is 0.611. The van der Waals surface area contributed by atoms with Crippen LogP contribution in [0.4, 0.5) is 0 Å². The van der Waals surface area contributed by atoms with E-state index in [1.54, 1.807) is 72.8 Å². The van der Waals surface area contributed by atoms with Crippen molar-refractivity contribution >= 4 is 12.1 Å². The van der Waals surface area contributed by atoms with Gasteiger partial charge in [0.15, 0.2) is 5.78 Å². The number of hydrogen-bond acceptors (Lipinski definition) is 6. The number of rotatable bonds is 11. The summed E-state index contributed by atoms with van der Waals surface area (Å²) >= 11 is 0. The summed E-state index contributed by atoms with van der Waals surface area (Å²) in [5, 5.41) is 10.5. The van der Waals surface area contributed by atoms with Gasteiger partial charge in [-0.1, -0.05) is 48.5 Å². The fourth-order valence-corrected chi connectivity index (χ4v) is 2.80. The number of aldehydes is 1. The van der Waals surface area contributed by atoms with Crippen LogP contribution in [0.3, 0.4) is 0 Å². The zero-order chi connectivity index (χ0) is 21.2. The highest BCUT2D eigenvalue weighted by atomic mass is 16.5. The second-order valence-corrected chi connectivity index (χ2v) is 6.34. The molecule has 1 atom stereocenters. The predicted octanol–water partition coefficient (Wildman–Crippen LogP) is 3.99. The molecule has 30 heavy (non-hydrogen) atoms. The highest BCUT2D eigenvalue weighted by molar-refractivity contribution is 6.02. The minimum Gasteiger partial charge on any atom is -0.491 e. The Labute approximate surface area is 174 Å². The maximum Gasteiger partial charge on any atom is 0.199 e. The van der Waals surface area contributed by atoms with Crippen LogP contribution >= 0.6 is 0 Å². The van der Waals surface area contributed by atoms with Crippen LogP contribution < -0.4 is 9.47 Å². The first kappa shape index (κ1) is 21.2. The molecule has 0 amide bonds. The van der Waals surface area contributed by atoms with E-state index in [2.05, 4.69) is 0 Å². The molecule has 1 unspecified atom stereocenters. The van der Waals surface area contributed by atoms with Gasteiger partial charge in [0.2, 0.25) is 0 Å². The van der Waals surface area contributed by atoms with E-state index in [9.17, 15) is 14.7 Å². The summed E-state index contributed by atoms with van der Waals surface area (Å²) in [5.41, 5.74) is 0.798. The average Bonchev–Trinajstić information content (AvgIpc) is 2.79. The smallest absolute Gasteiger partial charge is 0.199 e. The van der Waals surface area contributed by atoms with Crippen molar-refractivity contribution in [3.05, 3.63) is 90.0 Å². The topological polar surface area (TPSA) is 82.1 Å². The molecular formula is C24H22O6. The summed E-state index contributed by atoms with van der Waals surface area (Å²) in [5.74, 6) is 0.937. The second kappa shape index (κ2) is 10.9. The number of aliphatic hydroxyl groups is 1. The van der Waals surface area contributed by atoms with Gasteiger partial charge in [-0.25, -0.2) is 0 Å². The van der Waals surface area contributed by atoms with Gasteiger partial charge in [-0.3, -0.25) is 4.79 Å². The molecule has 3 aromatic carbocycles. The summed E-state index contributed by atoms with van der Waals surface area (Å²) in [6, 6.07) is 22.5. The van der Waals surface area contributed by atoms with E-state index in [1.807, 2.05) is 6.07 Å². The first-order valence-corrected chi connectivity index (χ1v) is 9.47. The number of carbonyl (C=O) groups is 2. The van der Waals surface area contributed by atoms with Gasteiger partial charge in [0.05, 0.1) is 12.2 Å². The van der Waals surface area contributed by atoms with Crippen LogP contribution in [-0.2, 0) is 9.53 Å². The third kappa shape index (κ3) is 5.76. The molecule has 0 heterocycles. The molecule has 0 aliphatic carbocycles. The normalized spacial score (nSPS) is 11.5. The van der Waals surface area contributed by atoms with Gasteiger partial charge in [0.25, 0.3) is 0 Å². The van der Waals surface area contributed by atoms with Crippen molar-refractivity contribution in [2.45, 2.75) is 6.10 Å². The lowest BCUT2D eigenvalue weighted by molar-refractivity contribution is -0.112. The van der Waals surface area contributed by atoms with E-state index in [4.69, 9.17) is 14.2 Å². The molecule has 6 nitrogen and oxygen atoms in total. The Balaban J connectivity index is 1.71. The Morgan fingerprint density at radius 3 is 2.43 bits per heavy atom. The van der Waals surface area contributed by atoms with Gasteiger partial charge in [0.1, 0.15) is 42.9 Å². The largest absolute Gasteiger partial charge is 0.491 e. The van der Waals surface area contributed by atoms with Crippen LogP contribution in [0.5, 0.6) is 17.2 Å². The average molecular weight is 406 g/mol. The van der Waals surface area contributed by atoms with Crippen LogP contribution in [0.2, 0.25) is 0 Å². The van der Waals surface area contributed by atoms with Crippen molar-refractivity contribution in [3.63, 3.8) is 0 Å². The molecule has 3 rings (SSSR count). The molecule has 0 aliphatic heterocycles. The number of para-hydroxylation sites is 1. The quantitative estimate of drug-likeness (QED) is 0.295. The number of carbonyl (C=O) groups excluding carboxylic acids is 2. The number of aliphatic hydroxyl groups excluding tert-OH is 1. The van der Waals surface area contributed by atoms with Gasteiger partial charge < -0.3 is 24.1 Å². The summed E-state index contributed by atoms with van der Waals surface area (Å²) in [6.07, 6.45) is -0.598. The molecule has 0 saturated carbocycles. The second-order valence-electron chi connectivity index (χ2n) is 6.34. The zero-order valence-corrected chi connectivity index (χ0v) is 16.3. The molecule has 6 heteroatoms. The molecule has 3 aromatic rings. The van der Waals surface area contributed by atoms with E-state index in [1.165, 1.54) is 0 Å². The molecule has 0 aliphatic rings. The van der Waals surface area contributed by atoms with Crippen molar-refractivity contribution in [2.75, 3.05) is 19.8 Å². The van der Waals surface area contributed by atoms with E-state index < -0.39 is 11.9 Å². The third-order valence-corrected chi connectivity index (χ3v) is 4.23. The van der Waals surface area contributed by atoms with Gasteiger partial charge >= 0.3 is 0 Å². The number of benzene rings is 3. The monoisotopic (exact) mass is 406 g/mol. The Morgan fingerprint density at radius 1 is 0.900 bits per heavy atom. The molecule has 0 aromatic heterocycles. The highest BCUT2D eigenvalue weighted by Crippen LogP contribution is 2.30. The van der Waals surface area contributed by atoms with Crippen molar-refractivity contribution in [1.82, 2.24) is 0 Å². The molecule has 0 radical (unpaired) electrons. The molecular weight excluding hydrogens is 384 g/mol. The van der Waals surface area contributed by atoms with Crippen LogP contribution in [0.15, 0.2) is 78.9 Å². The third-order valence-electron chi connectivity index (χ3n) is 4.23. The van der Waals surface area contributed by atoms with E-state index >= 15 is 0 Å². The predicted molar refractivity (Wildman–Crippen MR) is 111 cm³/mol. The fraction of sp³-hybridized carbons (Fsp3) is 0.167. The summed E-state index contributed by atoms with van der Waals surface area (Å²) < 4.78 is 16.5. The van der Waals surface area contributed by atoms with Crippen molar-refractivity contribution in [2.24, 2.45) is 0 Å². The Hall–Kier alpha value is -3.48. The van der Waals surface area contributed by atoms with Crippen LogP contribution in [-0.4, -0.2) is 37.0 Å². The lowest BCUT2D eigenvalue weighted by Crippen LogP contribution is -2.13. The van der Waals surface area contributed by atoms with Gasteiger partial charge in [-0.15, -0.1) is 0 Å². The summed E-state index contributed by atoms with van der Waals surface area (Å²) in [7, 11) is 0. The molecule has 0 saturated heterocycles. The lowest BCUT2D eigenvalue weighted by atomic mass is 9.99. The molecule has 0 fully saturated rings. The first-order valence-electron chi connectivity index (χ1n) is 9.47. The lowest BCUT2D eigenvalue weighted by Gasteiger charge is -2.14. The van der Waals surface area contributed by atoms with Gasteiger partial charge in [-0.2, -0.15) is 0 Å². The van der Waals surface area contributed by atoms with Crippen LogP contribution in [0.1, 0.15) is 22.0 Å². The van der Waals surface area contributed by atoms with Crippen LogP contribution in [0, 0.1) is 0 Å². The first-order chi connectivity index (χ1) is 14.7. The molecule has 1 N–H and O–H groups in total. The number of Topliss-reactive ketones (excluding diaryl/α,β-unsaturated/α-hetero) is 1. The van der Waals surface area contributed by atoms with Gasteiger partial charge in [-0.05, 0) is 29.8 Å². The van der Waals surface area contributed by atoms with Gasteiger partial charge in [0, 0.05) is 6.07 Å².